The van der Waals surface area contributed by atoms with Gasteiger partial charge in [-0.25, -0.2) is 9.78 Å². The molecule has 0 unspecified atom stereocenters. The molecule has 3 aromatic rings. The van der Waals surface area contributed by atoms with Crippen LogP contribution in [0.3, 0.4) is 0 Å². The van der Waals surface area contributed by atoms with E-state index in [1.807, 2.05) is 13.0 Å². The lowest BCUT2D eigenvalue weighted by Crippen LogP contribution is -2.03. The number of aryl methyl sites for hydroxylation is 1. The van der Waals surface area contributed by atoms with Crippen LogP contribution in [0.25, 0.3) is 5.78 Å². The molecule has 0 amide bonds. The lowest BCUT2D eigenvalue weighted by atomic mass is 10.2. The molecule has 0 aliphatic rings. The van der Waals surface area contributed by atoms with Gasteiger partial charge in [0.05, 0.1) is 5.56 Å². The summed E-state index contributed by atoms with van der Waals surface area (Å²) in [6.07, 6.45) is 1.43. The number of carboxylic acid groups (broad SMARTS) is 1. The normalized spacial score (nSPS) is 10.7. The molecule has 0 atom stereocenters. The zero-order valence-corrected chi connectivity index (χ0v) is 10.6. The van der Waals surface area contributed by atoms with Crippen LogP contribution in [-0.2, 0) is 0 Å². The Bertz CT molecular complexity index is 779. The lowest BCUT2D eigenvalue weighted by Gasteiger charge is -2.08. The number of benzene rings is 1. The summed E-state index contributed by atoms with van der Waals surface area (Å²) in [5.41, 5.74) is 1.82. The number of carboxylic acids is 1. The van der Waals surface area contributed by atoms with Crippen molar-refractivity contribution in [1.29, 1.82) is 0 Å². The van der Waals surface area contributed by atoms with Crippen LogP contribution in [0.1, 0.15) is 16.1 Å². The summed E-state index contributed by atoms with van der Waals surface area (Å²) in [7, 11) is 0. The van der Waals surface area contributed by atoms with Crippen LogP contribution in [0.2, 0.25) is 0 Å². The number of rotatable bonds is 3. The van der Waals surface area contributed by atoms with Gasteiger partial charge in [-0.15, -0.1) is 0 Å². The van der Waals surface area contributed by atoms with Crippen LogP contribution in [0.5, 0.6) is 0 Å². The first-order chi connectivity index (χ1) is 9.63. The third kappa shape index (κ3) is 2.16. The molecule has 100 valence electrons. The Labute approximate surface area is 113 Å². The molecule has 2 N–H and O–H groups in total. The molecule has 0 saturated heterocycles. The maximum atomic E-state index is 10.8. The second-order valence-corrected chi connectivity index (χ2v) is 4.26. The summed E-state index contributed by atoms with van der Waals surface area (Å²) >= 11 is 0. The fourth-order valence-electron chi connectivity index (χ4n) is 1.86. The first-order valence-corrected chi connectivity index (χ1v) is 5.91. The summed E-state index contributed by atoms with van der Waals surface area (Å²) in [5, 5.41) is 16.1. The Kier molecular flexibility index (Phi) is 2.79. The van der Waals surface area contributed by atoms with E-state index in [1.165, 1.54) is 18.5 Å². The van der Waals surface area contributed by atoms with Gasteiger partial charge in [0, 0.05) is 17.4 Å². The smallest absolute Gasteiger partial charge is 0.335 e. The van der Waals surface area contributed by atoms with Crippen molar-refractivity contribution >= 4 is 23.3 Å². The SMILES string of the molecule is Cc1cc(Nc2ccc(C(=O)O)cc2)n2ncnc2n1. The number of aromatic carboxylic acids is 1. The molecule has 0 bridgehead atoms. The fraction of sp³-hybridized carbons (Fsp3) is 0.0769. The predicted molar refractivity (Wildman–Crippen MR) is 72.2 cm³/mol. The highest BCUT2D eigenvalue weighted by Gasteiger charge is 2.06. The van der Waals surface area contributed by atoms with Crippen LogP contribution in [0, 0.1) is 6.92 Å². The van der Waals surface area contributed by atoms with Gasteiger partial charge >= 0.3 is 5.97 Å². The van der Waals surface area contributed by atoms with E-state index >= 15 is 0 Å². The monoisotopic (exact) mass is 269 g/mol. The minimum Gasteiger partial charge on any atom is -0.478 e. The highest BCUT2D eigenvalue weighted by Crippen LogP contribution is 2.18. The van der Waals surface area contributed by atoms with Gasteiger partial charge < -0.3 is 10.4 Å². The zero-order chi connectivity index (χ0) is 14.1. The number of fused-ring (bicyclic) bond motifs is 1. The van der Waals surface area contributed by atoms with Gasteiger partial charge in [-0.05, 0) is 31.2 Å². The van der Waals surface area contributed by atoms with Gasteiger partial charge in [0.15, 0.2) is 0 Å². The highest BCUT2D eigenvalue weighted by atomic mass is 16.4. The van der Waals surface area contributed by atoms with Gasteiger partial charge in [-0.3, -0.25) is 0 Å². The molecule has 0 fully saturated rings. The Morgan fingerprint density at radius 2 is 2.05 bits per heavy atom. The van der Waals surface area contributed by atoms with Crippen molar-refractivity contribution in [1.82, 2.24) is 19.6 Å². The van der Waals surface area contributed by atoms with Crippen molar-refractivity contribution in [2.45, 2.75) is 6.92 Å². The maximum absolute atomic E-state index is 10.8. The molecule has 0 spiro atoms. The summed E-state index contributed by atoms with van der Waals surface area (Å²) in [6.45, 7) is 1.87. The molecule has 1 aromatic carbocycles. The molecule has 7 heteroatoms. The lowest BCUT2D eigenvalue weighted by molar-refractivity contribution is 0.0697. The number of nitrogens with zero attached hydrogens (tertiary/aromatic N) is 4. The summed E-state index contributed by atoms with van der Waals surface area (Å²) < 4.78 is 1.58. The third-order valence-electron chi connectivity index (χ3n) is 2.78. The van der Waals surface area contributed by atoms with Crippen molar-refractivity contribution < 1.29 is 9.90 Å². The zero-order valence-electron chi connectivity index (χ0n) is 10.6. The summed E-state index contributed by atoms with van der Waals surface area (Å²) in [6, 6.07) is 8.31. The molecule has 2 heterocycles. The molecule has 0 radical (unpaired) electrons. The quantitative estimate of drug-likeness (QED) is 0.754. The van der Waals surface area contributed by atoms with Crippen molar-refractivity contribution in [2.75, 3.05) is 5.32 Å². The van der Waals surface area contributed by atoms with Gasteiger partial charge in [-0.2, -0.15) is 14.6 Å². The second kappa shape index (κ2) is 4.61. The minimum absolute atomic E-state index is 0.243. The van der Waals surface area contributed by atoms with Crippen LogP contribution < -0.4 is 5.32 Å². The average Bonchev–Trinajstić information content (AvgIpc) is 2.87. The van der Waals surface area contributed by atoms with E-state index in [1.54, 1.807) is 16.6 Å². The average molecular weight is 269 g/mol. The van der Waals surface area contributed by atoms with E-state index in [9.17, 15) is 4.79 Å². The second-order valence-electron chi connectivity index (χ2n) is 4.26. The highest BCUT2D eigenvalue weighted by molar-refractivity contribution is 5.88. The Morgan fingerprint density at radius 1 is 1.30 bits per heavy atom. The molecule has 3 rings (SSSR count). The number of nitrogens with one attached hydrogen (secondary N) is 1. The van der Waals surface area contributed by atoms with E-state index < -0.39 is 5.97 Å². The fourth-order valence-corrected chi connectivity index (χ4v) is 1.86. The van der Waals surface area contributed by atoms with Gasteiger partial charge in [0.2, 0.25) is 0 Å². The van der Waals surface area contributed by atoms with Crippen LogP contribution >= 0.6 is 0 Å². The van der Waals surface area contributed by atoms with Crippen molar-refractivity contribution in [3.8, 4) is 0 Å². The van der Waals surface area contributed by atoms with Crippen LogP contribution in [-0.4, -0.2) is 30.7 Å². The van der Waals surface area contributed by atoms with E-state index in [4.69, 9.17) is 5.11 Å². The van der Waals surface area contributed by atoms with Crippen LogP contribution in [0.15, 0.2) is 36.7 Å². The molecule has 7 nitrogen and oxygen atoms in total. The standard InChI is InChI=1S/C13H11N5O2/c1-8-6-11(18-13(16-8)14-7-15-18)17-10-4-2-9(3-5-10)12(19)20/h2-7,17H,1H3,(H,19,20). The number of carbonyl (C=O) groups is 1. The molecule has 20 heavy (non-hydrogen) atoms. The molecular formula is C13H11N5O2. The number of hydrogen-bond acceptors (Lipinski definition) is 5. The summed E-state index contributed by atoms with van der Waals surface area (Å²) in [5.74, 6) is 0.276. The number of aromatic nitrogens is 4. The maximum Gasteiger partial charge on any atom is 0.335 e. The van der Waals surface area contributed by atoms with Crippen molar-refractivity contribution in [3.63, 3.8) is 0 Å². The molecule has 0 aliphatic heterocycles. The molecule has 2 aromatic heterocycles. The third-order valence-corrected chi connectivity index (χ3v) is 2.78. The Balaban J connectivity index is 1.96. The molecule has 0 saturated carbocycles. The van der Waals surface area contributed by atoms with E-state index in [2.05, 4.69) is 20.4 Å². The first kappa shape index (κ1) is 12.1. The van der Waals surface area contributed by atoms with Gasteiger partial charge in [-0.1, -0.05) is 0 Å². The molecule has 0 aliphatic carbocycles. The van der Waals surface area contributed by atoms with Crippen molar-refractivity contribution in [2.24, 2.45) is 0 Å². The summed E-state index contributed by atoms with van der Waals surface area (Å²) in [4.78, 5) is 19.1. The largest absolute Gasteiger partial charge is 0.478 e. The van der Waals surface area contributed by atoms with Crippen LogP contribution in [0.4, 0.5) is 11.5 Å². The predicted octanol–water partition coefficient (Wildman–Crippen LogP) is 1.87. The topological polar surface area (TPSA) is 92.4 Å². The van der Waals surface area contributed by atoms with E-state index in [0.29, 0.717) is 11.6 Å². The Hall–Kier alpha value is -2.96. The van der Waals surface area contributed by atoms with E-state index in [-0.39, 0.29) is 5.56 Å². The first-order valence-electron chi connectivity index (χ1n) is 5.91. The van der Waals surface area contributed by atoms with Crippen molar-refractivity contribution in [3.05, 3.63) is 47.9 Å². The minimum atomic E-state index is -0.949. The van der Waals surface area contributed by atoms with Gasteiger partial charge in [0.25, 0.3) is 5.78 Å². The number of hydrogen-bond donors (Lipinski definition) is 2. The Morgan fingerprint density at radius 3 is 2.75 bits per heavy atom. The van der Waals surface area contributed by atoms with Gasteiger partial charge in [0.1, 0.15) is 12.1 Å². The molecular weight excluding hydrogens is 258 g/mol. The number of anilines is 2. The van der Waals surface area contributed by atoms with E-state index in [0.717, 1.165) is 11.4 Å².